The largest absolute Gasteiger partial charge is 0.494 e. The first kappa shape index (κ1) is 23.2. The van der Waals surface area contributed by atoms with Crippen molar-refractivity contribution in [1.82, 2.24) is 4.90 Å². The van der Waals surface area contributed by atoms with Crippen molar-refractivity contribution in [2.75, 3.05) is 26.9 Å². The summed E-state index contributed by atoms with van der Waals surface area (Å²) in [6.07, 6.45) is 1.85. The molecule has 2 aromatic carbocycles. The zero-order valence-electron chi connectivity index (χ0n) is 18.0. The Hall–Kier alpha value is -2.45. The Morgan fingerprint density at radius 3 is 2.39 bits per heavy atom. The maximum absolute atomic E-state index is 13.0. The normalized spacial score (nSPS) is 16.3. The summed E-state index contributed by atoms with van der Waals surface area (Å²) in [5, 5.41) is 0.651. The van der Waals surface area contributed by atoms with Gasteiger partial charge in [0.05, 0.1) is 30.9 Å². The average Bonchev–Trinajstić information content (AvgIpc) is 3.05. The van der Waals surface area contributed by atoms with Gasteiger partial charge in [-0.25, -0.2) is 4.99 Å². The van der Waals surface area contributed by atoms with Crippen LogP contribution >= 0.6 is 27.7 Å². The molecular formula is C23H25BrN2O4S. The predicted molar refractivity (Wildman–Crippen MR) is 130 cm³/mol. The van der Waals surface area contributed by atoms with Gasteiger partial charge in [0, 0.05) is 11.0 Å². The fourth-order valence-corrected chi connectivity index (χ4v) is 4.48. The van der Waals surface area contributed by atoms with Crippen molar-refractivity contribution in [1.29, 1.82) is 0 Å². The van der Waals surface area contributed by atoms with Gasteiger partial charge in [-0.2, -0.15) is 0 Å². The molecule has 8 heteroatoms. The molecule has 164 valence electrons. The van der Waals surface area contributed by atoms with Crippen LogP contribution in [0.1, 0.15) is 26.3 Å². The van der Waals surface area contributed by atoms with Crippen molar-refractivity contribution < 1.29 is 19.0 Å². The predicted octanol–water partition coefficient (Wildman–Crippen LogP) is 5.88. The molecule has 1 saturated heterocycles. The number of methoxy groups -OCH3 is 1. The third-order valence-corrected chi connectivity index (χ3v) is 6.14. The second kappa shape index (κ2) is 10.7. The van der Waals surface area contributed by atoms with Gasteiger partial charge in [0.2, 0.25) is 0 Å². The summed E-state index contributed by atoms with van der Waals surface area (Å²) in [7, 11) is 1.60. The highest BCUT2D eigenvalue weighted by atomic mass is 79.9. The molecule has 0 N–H and O–H groups in total. The molecule has 1 fully saturated rings. The highest BCUT2D eigenvalue weighted by Gasteiger charge is 2.32. The highest BCUT2D eigenvalue weighted by molar-refractivity contribution is 9.10. The lowest BCUT2D eigenvalue weighted by Crippen LogP contribution is -2.28. The van der Waals surface area contributed by atoms with E-state index in [0.29, 0.717) is 41.3 Å². The van der Waals surface area contributed by atoms with Crippen LogP contribution in [-0.2, 0) is 4.79 Å². The first-order valence-electron chi connectivity index (χ1n) is 10.0. The topological polar surface area (TPSA) is 60.4 Å². The second-order valence-electron chi connectivity index (χ2n) is 6.44. The lowest BCUT2D eigenvalue weighted by molar-refractivity contribution is -0.122. The minimum Gasteiger partial charge on any atom is -0.494 e. The molecule has 1 heterocycles. The molecule has 0 radical (unpaired) electrons. The first-order chi connectivity index (χ1) is 15.0. The Labute approximate surface area is 195 Å². The standard InChI is InChI=1S/C23H25BrN2O4S/c1-5-26-22(27)21(13-15-12-20(30-7-3)19(28-4)14-18(15)24)31-23(26)25-16-8-10-17(11-9-16)29-6-2/h8-14H,5-7H2,1-4H3. The second-order valence-corrected chi connectivity index (χ2v) is 8.30. The van der Waals surface area contributed by atoms with Crippen LogP contribution in [0.25, 0.3) is 6.08 Å². The van der Waals surface area contributed by atoms with Gasteiger partial charge in [-0.1, -0.05) is 15.9 Å². The maximum Gasteiger partial charge on any atom is 0.266 e. The number of benzene rings is 2. The van der Waals surface area contributed by atoms with Crippen molar-refractivity contribution >= 4 is 50.5 Å². The van der Waals surface area contributed by atoms with Crippen LogP contribution in [0.3, 0.4) is 0 Å². The third-order valence-electron chi connectivity index (χ3n) is 4.45. The number of amides is 1. The molecule has 3 rings (SSSR count). The van der Waals surface area contributed by atoms with E-state index in [-0.39, 0.29) is 5.91 Å². The van der Waals surface area contributed by atoms with Gasteiger partial charge in [0.1, 0.15) is 5.75 Å². The molecule has 0 atom stereocenters. The van der Waals surface area contributed by atoms with E-state index in [1.807, 2.05) is 63.2 Å². The van der Waals surface area contributed by atoms with Crippen LogP contribution in [0.2, 0.25) is 0 Å². The number of carbonyl (C=O) groups is 1. The SMILES string of the molecule is CCOc1ccc(N=C2SC(=Cc3cc(OCC)c(OC)cc3Br)C(=O)N2CC)cc1. The van der Waals surface area contributed by atoms with Crippen LogP contribution in [0.5, 0.6) is 17.2 Å². The number of amidine groups is 1. The first-order valence-corrected chi connectivity index (χ1v) is 11.6. The van der Waals surface area contributed by atoms with E-state index in [1.165, 1.54) is 11.8 Å². The summed E-state index contributed by atoms with van der Waals surface area (Å²) < 4.78 is 17.3. The van der Waals surface area contributed by atoms with Gasteiger partial charge in [-0.05, 0) is 80.6 Å². The minimum absolute atomic E-state index is 0.0714. The van der Waals surface area contributed by atoms with Gasteiger partial charge in [0.25, 0.3) is 5.91 Å². The molecule has 2 aromatic rings. The summed E-state index contributed by atoms with van der Waals surface area (Å²) in [6, 6.07) is 11.2. The summed E-state index contributed by atoms with van der Waals surface area (Å²) >= 11 is 4.92. The molecular weight excluding hydrogens is 480 g/mol. The highest BCUT2D eigenvalue weighted by Crippen LogP contribution is 2.38. The monoisotopic (exact) mass is 504 g/mol. The van der Waals surface area contributed by atoms with Gasteiger partial charge in [-0.3, -0.25) is 9.69 Å². The number of halogens is 1. The Balaban J connectivity index is 1.92. The van der Waals surface area contributed by atoms with Crippen molar-refractivity contribution in [3.8, 4) is 17.2 Å². The molecule has 31 heavy (non-hydrogen) atoms. The number of aliphatic imine (C=N–C) groups is 1. The molecule has 0 bridgehead atoms. The number of hydrogen-bond donors (Lipinski definition) is 0. The van der Waals surface area contributed by atoms with E-state index < -0.39 is 0 Å². The van der Waals surface area contributed by atoms with Gasteiger partial charge < -0.3 is 14.2 Å². The van der Waals surface area contributed by atoms with Crippen LogP contribution in [0.15, 0.2) is 50.8 Å². The number of rotatable bonds is 8. The smallest absolute Gasteiger partial charge is 0.266 e. The fourth-order valence-electron chi connectivity index (χ4n) is 2.99. The van der Waals surface area contributed by atoms with E-state index in [1.54, 1.807) is 12.0 Å². The average molecular weight is 505 g/mol. The van der Waals surface area contributed by atoms with Crippen molar-refractivity contribution in [2.45, 2.75) is 20.8 Å². The van der Waals surface area contributed by atoms with Crippen molar-refractivity contribution in [2.24, 2.45) is 4.99 Å². The molecule has 1 amide bonds. The van der Waals surface area contributed by atoms with Crippen LogP contribution in [0, 0.1) is 0 Å². The Morgan fingerprint density at radius 2 is 1.77 bits per heavy atom. The minimum atomic E-state index is -0.0714. The number of hydrogen-bond acceptors (Lipinski definition) is 6. The lowest BCUT2D eigenvalue weighted by atomic mass is 10.2. The summed E-state index contributed by atoms with van der Waals surface area (Å²) in [5.41, 5.74) is 1.60. The number of carbonyl (C=O) groups excluding carboxylic acids is 1. The summed E-state index contributed by atoms with van der Waals surface area (Å²) in [5.74, 6) is 1.99. The number of ether oxygens (including phenoxy) is 3. The van der Waals surface area contributed by atoms with Crippen LogP contribution in [0.4, 0.5) is 5.69 Å². The number of likely N-dealkylation sites (N-methyl/N-ethyl adjacent to an activating group) is 1. The summed E-state index contributed by atoms with van der Waals surface area (Å²) in [4.78, 5) is 19.9. The molecule has 0 unspecified atom stereocenters. The van der Waals surface area contributed by atoms with E-state index in [2.05, 4.69) is 20.9 Å². The number of nitrogens with zero attached hydrogens (tertiary/aromatic N) is 2. The Kier molecular flexibility index (Phi) is 8.03. The molecule has 1 aliphatic heterocycles. The fraction of sp³-hybridized carbons (Fsp3) is 0.304. The molecule has 0 saturated carbocycles. The molecule has 1 aliphatic rings. The molecule has 0 aromatic heterocycles. The van der Waals surface area contributed by atoms with Crippen LogP contribution in [-0.4, -0.2) is 42.8 Å². The summed E-state index contributed by atoms with van der Waals surface area (Å²) in [6.45, 7) is 7.46. The third kappa shape index (κ3) is 5.43. The van der Waals surface area contributed by atoms with Gasteiger partial charge in [-0.15, -0.1) is 0 Å². The zero-order chi connectivity index (χ0) is 22.4. The van der Waals surface area contributed by atoms with Gasteiger partial charge >= 0.3 is 0 Å². The van der Waals surface area contributed by atoms with E-state index >= 15 is 0 Å². The maximum atomic E-state index is 13.0. The molecule has 0 aliphatic carbocycles. The Morgan fingerprint density at radius 1 is 1.06 bits per heavy atom. The van der Waals surface area contributed by atoms with E-state index in [9.17, 15) is 4.79 Å². The Bertz CT molecular complexity index is 1010. The lowest BCUT2D eigenvalue weighted by Gasteiger charge is -2.12. The van der Waals surface area contributed by atoms with Gasteiger partial charge in [0.15, 0.2) is 16.7 Å². The molecule has 6 nitrogen and oxygen atoms in total. The van der Waals surface area contributed by atoms with Crippen molar-refractivity contribution in [3.05, 3.63) is 51.3 Å². The van der Waals surface area contributed by atoms with Crippen molar-refractivity contribution in [3.63, 3.8) is 0 Å². The molecule has 0 spiro atoms. The zero-order valence-corrected chi connectivity index (χ0v) is 20.4. The van der Waals surface area contributed by atoms with Crippen LogP contribution < -0.4 is 14.2 Å². The van der Waals surface area contributed by atoms with E-state index in [0.717, 1.165) is 21.5 Å². The number of thioether (sulfide) groups is 1. The van der Waals surface area contributed by atoms with E-state index in [4.69, 9.17) is 14.2 Å². The quantitative estimate of drug-likeness (QED) is 0.420.